The SMILES string of the molecule is Cc1ccc(N2C(=O)[C@@H]3[C@@H](ON(c4ccccc4)C34CCCCC4)C2=O)cc1. The minimum absolute atomic E-state index is 0.126. The number of hydrogen-bond acceptors (Lipinski definition) is 4. The summed E-state index contributed by atoms with van der Waals surface area (Å²) in [6.45, 7) is 1.99. The quantitative estimate of drug-likeness (QED) is 0.743. The Morgan fingerprint density at radius 1 is 0.857 bits per heavy atom. The van der Waals surface area contributed by atoms with Gasteiger partial charge < -0.3 is 0 Å². The highest BCUT2D eigenvalue weighted by molar-refractivity contribution is 6.24. The first kappa shape index (κ1) is 17.4. The van der Waals surface area contributed by atoms with Gasteiger partial charge in [0.2, 0.25) is 5.91 Å². The van der Waals surface area contributed by atoms with Crippen molar-refractivity contribution in [2.75, 3.05) is 9.96 Å². The van der Waals surface area contributed by atoms with E-state index in [1.54, 1.807) is 0 Å². The van der Waals surface area contributed by atoms with E-state index in [1.165, 1.54) is 4.90 Å². The third-order valence-corrected chi connectivity index (χ3v) is 6.46. The molecule has 0 unspecified atom stereocenters. The maximum atomic E-state index is 13.5. The molecule has 2 saturated heterocycles. The summed E-state index contributed by atoms with van der Waals surface area (Å²) >= 11 is 0. The van der Waals surface area contributed by atoms with Gasteiger partial charge in [0.15, 0.2) is 6.10 Å². The summed E-state index contributed by atoms with van der Waals surface area (Å²) in [5, 5.41) is 1.89. The number of rotatable bonds is 2. The number of hydrogen-bond donors (Lipinski definition) is 0. The zero-order valence-electron chi connectivity index (χ0n) is 16.0. The standard InChI is InChI=1S/C23H24N2O3/c1-16-10-12-17(13-11-16)24-21(26)19-20(22(24)27)28-25(18-8-4-2-5-9-18)23(19)14-6-3-7-15-23/h2,4-5,8-13,19-20H,3,6-7,14-15H2,1H3/t19-,20+/m0/s1. The molecule has 1 spiro atoms. The van der Waals surface area contributed by atoms with Crippen LogP contribution in [-0.4, -0.2) is 23.5 Å². The Labute approximate surface area is 164 Å². The molecule has 3 fully saturated rings. The van der Waals surface area contributed by atoms with Crippen LogP contribution >= 0.6 is 0 Å². The summed E-state index contributed by atoms with van der Waals surface area (Å²) in [5.74, 6) is -0.830. The molecule has 1 saturated carbocycles. The average molecular weight is 376 g/mol. The van der Waals surface area contributed by atoms with E-state index >= 15 is 0 Å². The van der Waals surface area contributed by atoms with Crippen LogP contribution in [-0.2, 0) is 14.4 Å². The lowest BCUT2D eigenvalue weighted by molar-refractivity contribution is -0.126. The lowest BCUT2D eigenvalue weighted by Crippen LogP contribution is -2.53. The van der Waals surface area contributed by atoms with Crippen molar-refractivity contribution >= 4 is 23.2 Å². The van der Waals surface area contributed by atoms with Crippen LogP contribution in [0.5, 0.6) is 0 Å². The van der Waals surface area contributed by atoms with Crippen LogP contribution in [0.1, 0.15) is 37.7 Å². The molecule has 2 aromatic rings. The Hall–Kier alpha value is -2.66. The molecule has 0 aromatic heterocycles. The van der Waals surface area contributed by atoms with Gasteiger partial charge in [0.1, 0.15) is 5.92 Å². The van der Waals surface area contributed by atoms with Gasteiger partial charge in [-0.15, -0.1) is 0 Å². The molecule has 2 aliphatic heterocycles. The largest absolute Gasteiger partial charge is 0.273 e. The second kappa shape index (κ2) is 6.45. The summed E-state index contributed by atoms with van der Waals surface area (Å²) in [6.07, 6.45) is 4.23. The van der Waals surface area contributed by atoms with Crippen LogP contribution in [0.2, 0.25) is 0 Å². The van der Waals surface area contributed by atoms with Crippen molar-refractivity contribution in [1.29, 1.82) is 0 Å². The van der Waals surface area contributed by atoms with Crippen LogP contribution in [0.25, 0.3) is 0 Å². The van der Waals surface area contributed by atoms with Gasteiger partial charge in [0.25, 0.3) is 5.91 Å². The van der Waals surface area contributed by atoms with Crippen LogP contribution < -0.4 is 9.96 Å². The van der Waals surface area contributed by atoms with E-state index in [4.69, 9.17) is 4.84 Å². The van der Waals surface area contributed by atoms with E-state index in [1.807, 2.05) is 66.6 Å². The molecule has 2 amide bonds. The van der Waals surface area contributed by atoms with E-state index in [2.05, 4.69) is 0 Å². The fourth-order valence-corrected chi connectivity index (χ4v) is 5.12. The van der Waals surface area contributed by atoms with Crippen molar-refractivity contribution in [2.24, 2.45) is 5.92 Å². The van der Waals surface area contributed by atoms with Gasteiger partial charge in [-0.25, -0.2) is 9.96 Å². The lowest BCUT2D eigenvalue weighted by atomic mass is 9.71. The van der Waals surface area contributed by atoms with Gasteiger partial charge in [-0.1, -0.05) is 55.2 Å². The number of nitrogens with zero attached hydrogens (tertiary/aromatic N) is 2. The van der Waals surface area contributed by atoms with E-state index in [0.717, 1.165) is 43.4 Å². The topological polar surface area (TPSA) is 49.9 Å². The highest BCUT2D eigenvalue weighted by Gasteiger charge is 2.66. The minimum Gasteiger partial charge on any atom is -0.273 e. The number of benzene rings is 2. The zero-order chi connectivity index (χ0) is 19.3. The van der Waals surface area contributed by atoms with Crippen molar-refractivity contribution < 1.29 is 14.4 Å². The molecule has 28 heavy (non-hydrogen) atoms. The van der Waals surface area contributed by atoms with E-state index in [0.29, 0.717) is 5.69 Å². The second-order valence-electron chi connectivity index (χ2n) is 8.15. The molecule has 5 rings (SSSR count). The first-order chi connectivity index (χ1) is 13.6. The fourth-order valence-electron chi connectivity index (χ4n) is 5.12. The molecule has 2 aromatic carbocycles. The first-order valence-electron chi connectivity index (χ1n) is 10.1. The van der Waals surface area contributed by atoms with Gasteiger partial charge >= 0.3 is 0 Å². The fraction of sp³-hybridized carbons (Fsp3) is 0.391. The van der Waals surface area contributed by atoms with Crippen molar-refractivity contribution in [1.82, 2.24) is 0 Å². The van der Waals surface area contributed by atoms with Gasteiger partial charge in [0, 0.05) is 0 Å². The van der Waals surface area contributed by atoms with Crippen LogP contribution in [0.15, 0.2) is 54.6 Å². The number of carbonyl (C=O) groups is 2. The van der Waals surface area contributed by atoms with Gasteiger partial charge in [-0.3, -0.25) is 14.4 Å². The van der Waals surface area contributed by atoms with Crippen LogP contribution in [0.3, 0.4) is 0 Å². The van der Waals surface area contributed by atoms with Crippen LogP contribution in [0.4, 0.5) is 11.4 Å². The summed E-state index contributed by atoms with van der Waals surface area (Å²) in [5.41, 5.74) is 2.20. The maximum Gasteiger partial charge on any atom is 0.266 e. The van der Waals surface area contributed by atoms with E-state index < -0.39 is 17.6 Å². The summed E-state index contributed by atoms with van der Waals surface area (Å²) < 4.78 is 0. The molecule has 2 atom stereocenters. The van der Waals surface area contributed by atoms with Crippen molar-refractivity contribution in [2.45, 2.75) is 50.7 Å². The highest BCUT2D eigenvalue weighted by Crippen LogP contribution is 2.52. The molecule has 3 aliphatic rings. The Kier molecular flexibility index (Phi) is 4.02. The molecule has 2 heterocycles. The van der Waals surface area contributed by atoms with Gasteiger partial charge in [-0.2, -0.15) is 0 Å². The number of aryl methyl sites for hydroxylation is 1. The van der Waals surface area contributed by atoms with Gasteiger partial charge in [0.05, 0.1) is 16.9 Å². The van der Waals surface area contributed by atoms with E-state index in [9.17, 15) is 9.59 Å². The molecule has 1 aliphatic carbocycles. The third-order valence-electron chi connectivity index (χ3n) is 6.46. The minimum atomic E-state index is -0.743. The van der Waals surface area contributed by atoms with Crippen LogP contribution in [0, 0.1) is 12.8 Å². The molecule has 5 heteroatoms. The maximum absolute atomic E-state index is 13.5. The predicted octanol–water partition coefficient (Wildman–Crippen LogP) is 4.01. The summed E-state index contributed by atoms with van der Waals surface area (Å²) in [7, 11) is 0. The molecule has 0 N–H and O–H groups in total. The van der Waals surface area contributed by atoms with Gasteiger partial charge in [-0.05, 0) is 44.0 Å². The summed E-state index contributed by atoms with van der Waals surface area (Å²) in [6, 6.07) is 17.4. The molecular formula is C23H24N2O3. The second-order valence-corrected chi connectivity index (χ2v) is 8.15. The highest BCUT2D eigenvalue weighted by atomic mass is 16.7. The molecule has 144 valence electrons. The Balaban J connectivity index is 1.56. The first-order valence-corrected chi connectivity index (χ1v) is 10.1. The van der Waals surface area contributed by atoms with Crippen molar-refractivity contribution in [3.63, 3.8) is 0 Å². The molecule has 5 nitrogen and oxygen atoms in total. The normalized spacial score (nSPS) is 26.2. The smallest absolute Gasteiger partial charge is 0.266 e. The number of imide groups is 1. The van der Waals surface area contributed by atoms with Crippen molar-refractivity contribution in [3.8, 4) is 0 Å². The van der Waals surface area contributed by atoms with E-state index in [-0.39, 0.29) is 11.8 Å². The number of carbonyl (C=O) groups excluding carboxylic acids is 2. The molecule has 0 radical (unpaired) electrons. The molecule has 0 bridgehead atoms. The number of anilines is 2. The lowest BCUT2D eigenvalue weighted by Gasteiger charge is -2.43. The summed E-state index contributed by atoms with van der Waals surface area (Å²) in [4.78, 5) is 34.4. The monoisotopic (exact) mass is 376 g/mol. The molecular weight excluding hydrogens is 352 g/mol. The Morgan fingerprint density at radius 3 is 2.21 bits per heavy atom. The zero-order valence-corrected chi connectivity index (χ0v) is 16.0. The number of amides is 2. The predicted molar refractivity (Wildman–Crippen MR) is 107 cm³/mol. The number of hydroxylamine groups is 1. The average Bonchev–Trinajstić information content (AvgIpc) is 3.17. The number of para-hydroxylation sites is 1. The number of fused-ring (bicyclic) bond motifs is 2. The Morgan fingerprint density at radius 2 is 1.54 bits per heavy atom. The third kappa shape index (κ3) is 2.42. The van der Waals surface area contributed by atoms with Crippen molar-refractivity contribution in [3.05, 3.63) is 60.2 Å². The Bertz CT molecular complexity index is 903.